The van der Waals surface area contributed by atoms with E-state index < -0.39 is 26.2 Å². The highest BCUT2D eigenvalue weighted by molar-refractivity contribution is 7.90. The number of hydrogen-bond acceptors (Lipinski definition) is 10. The van der Waals surface area contributed by atoms with Gasteiger partial charge in [0.15, 0.2) is 15.6 Å². The van der Waals surface area contributed by atoms with Gasteiger partial charge in [0.05, 0.1) is 66.8 Å². The number of nitrogens with zero attached hydrogens (tertiary/aromatic N) is 3. The first-order valence-corrected chi connectivity index (χ1v) is 23.8. The molecule has 3 aromatic heterocycles. The smallest absolute Gasteiger partial charge is 0.315 e. The molecule has 8 bridgehead atoms. The van der Waals surface area contributed by atoms with Crippen molar-refractivity contribution in [2.45, 2.75) is 17.6 Å². The van der Waals surface area contributed by atoms with Gasteiger partial charge >= 0.3 is 5.69 Å². The number of hydrogen-bond donors (Lipinski definition) is 2. The van der Waals surface area contributed by atoms with Crippen molar-refractivity contribution in [3.05, 3.63) is 177 Å². The molecule has 0 saturated carbocycles. The SMILES string of the molecule is COc1cccc(-c2c3nc(c(-c4cccc(OC)c4)c4ccc([nH]4)c(-c4cc(CS(=O)(=O)c5ccc(C)cc5)c([N+](=O)[O-])c(OC)c4)c4nc(c(-c5cccc(OC)c5)c5ccc2[nH]5)C=C4)C=C3)c1. The van der Waals surface area contributed by atoms with Gasteiger partial charge in [-0.3, -0.25) is 10.1 Å². The lowest BCUT2D eigenvalue weighted by Crippen LogP contribution is -2.08. The molecule has 14 heteroatoms. The molecule has 0 atom stereocenters. The molecule has 5 aromatic carbocycles. The molecule has 0 amide bonds. The van der Waals surface area contributed by atoms with Gasteiger partial charge < -0.3 is 28.9 Å². The molecule has 2 aliphatic heterocycles. The Kier molecular flexibility index (Phi) is 11.8. The summed E-state index contributed by atoms with van der Waals surface area (Å²) in [6, 6.07) is 40.7. The summed E-state index contributed by atoms with van der Waals surface area (Å²) in [7, 11) is 2.12. The Balaban J connectivity index is 1.35. The van der Waals surface area contributed by atoms with E-state index in [0.29, 0.717) is 62.2 Å². The Morgan fingerprint density at radius 1 is 0.514 bits per heavy atom. The van der Waals surface area contributed by atoms with Crippen LogP contribution in [0.25, 0.3) is 90.9 Å². The second-order valence-electron chi connectivity index (χ2n) is 16.7. The van der Waals surface area contributed by atoms with Gasteiger partial charge in [0.2, 0.25) is 0 Å². The van der Waals surface area contributed by atoms with E-state index in [1.807, 2.05) is 128 Å². The van der Waals surface area contributed by atoms with Crippen LogP contribution in [-0.2, 0) is 15.6 Å². The van der Waals surface area contributed by atoms with Crippen LogP contribution in [-0.4, -0.2) is 61.7 Å². The van der Waals surface area contributed by atoms with E-state index in [9.17, 15) is 18.5 Å². The van der Waals surface area contributed by atoms with E-state index in [1.165, 1.54) is 19.2 Å². The van der Waals surface area contributed by atoms with Crippen LogP contribution in [0.1, 0.15) is 33.9 Å². The first-order valence-electron chi connectivity index (χ1n) is 22.2. The van der Waals surface area contributed by atoms with Crippen molar-refractivity contribution in [3.63, 3.8) is 0 Å². The average molecular weight is 948 g/mol. The molecule has 13 nitrogen and oxygen atoms in total. The van der Waals surface area contributed by atoms with E-state index >= 15 is 0 Å². The molecule has 0 fully saturated rings. The van der Waals surface area contributed by atoms with Gasteiger partial charge in [-0.05, 0) is 138 Å². The third-order valence-corrected chi connectivity index (χ3v) is 14.1. The summed E-state index contributed by atoms with van der Waals surface area (Å²) < 4.78 is 51.0. The largest absolute Gasteiger partial charge is 0.497 e. The molecule has 70 heavy (non-hydrogen) atoms. The van der Waals surface area contributed by atoms with Crippen LogP contribution in [0.3, 0.4) is 0 Å². The Bertz CT molecular complexity index is 3720. The molecule has 0 aliphatic carbocycles. The van der Waals surface area contributed by atoms with Crippen LogP contribution in [0.2, 0.25) is 0 Å². The van der Waals surface area contributed by atoms with Crippen LogP contribution < -0.4 is 18.9 Å². The van der Waals surface area contributed by atoms with Crippen molar-refractivity contribution >= 4 is 61.9 Å². The molecule has 5 heterocycles. The topological polar surface area (TPSA) is 172 Å². The summed E-state index contributed by atoms with van der Waals surface area (Å²) in [5.41, 5.74) is 11.5. The van der Waals surface area contributed by atoms with Crippen molar-refractivity contribution < 1.29 is 32.3 Å². The number of nitro groups is 1. The summed E-state index contributed by atoms with van der Waals surface area (Å²) in [6.07, 6.45) is 7.78. The maximum Gasteiger partial charge on any atom is 0.315 e. The number of aryl methyl sites for hydroxylation is 1. The molecule has 0 unspecified atom stereocenters. The monoisotopic (exact) mass is 947 g/mol. The fourth-order valence-electron chi connectivity index (χ4n) is 9.07. The number of nitrogens with one attached hydrogen (secondary N) is 2. The van der Waals surface area contributed by atoms with E-state index in [4.69, 9.17) is 28.9 Å². The summed E-state index contributed by atoms with van der Waals surface area (Å²) in [4.78, 5) is 30.4. The number of sulfone groups is 1. The molecule has 2 aliphatic rings. The maximum atomic E-state index is 14.1. The van der Waals surface area contributed by atoms with Crippen LogP contribution in [0.5, 0.6) is 23.0 Å². The first kappa shape index (κ1) is 45.1. The lowest BCUT2D eigenvalue weighted by Gasteiger charge is -2.13. The van der Waals surface area contributed by atoms with Crippen LogP contribution in [0.15, 0.2) is 138 Å². The van der Waals surface area contributed by atoms with Gasteiger partial charge in [-0.2, -0.15) is 0 Å². The van der Waals surface area contributed by atoms with E-state index in [2.05, 4.69) is 9.97 Å². The van der Waals surface area contributed by atoms with Gasteiger partial charge in [0.25, 0.3) is 0 Å². The molecular weight excluding hydrogens is 903 g/mol. The summed E-state index contributed by atoms with van der Waals surface area (Å²) in [5, 5.41) is 12.9. The lowest BCUT2D eigenvalue weighted by atomic mass is 10.00. The van der Waals surface area contributed by atoms with Gasteiger partial charge in [-0.15, -0.1) is 0 Å². The number of nitro benzene ring substituents is 1. The zero-order valence-corrected chi connectivity index (χ0v) is 39.6. The number of aromatic nitrogens is 4. The summed E-state index contributed by atoms with van der Waals surface area (Å²) in [6.45, 7) is 1.85. The first-order chi connectivity index (χ1) is 33.9. The molecule has 2 N–H and O–H groups in total. The number of aromatic amines is 2. The number of H-pyrrole nitrogens is 2. The highest BCUT2D eigenvalue weighted by Gasteiger charge is 2.29. The van der Waals surface area contributed by atoms with E-state index in [-0.39, 0.29) is 16.2 Å². The van der Waals surface area contributed by atoms with Crippen molar-refractivity contribution in [2.24, 2.45) is 0 Å². The normalized spacial score (nSPS) is 12.0. The molecule has 348 valence electrons. The van der Waals surface area contributed by atoms with Gasteiger partial charge in [-0.25, -0.2) is 18.4 Å². The van der Waals surface area contributed by atoms with Crippen molar-refractivity contribution in [1.29, 1.82) is 0 Å². The van der Waals surface area contributed by atoms with Crippen molar-refractivity contribution in [1.82, 2.24) is 19.9 Å². The Hall–Kier alpha value is -8.75. The minimum absolute atomic E-state index is 0.0386. The molecule has 10 rings (SSSR count). The molecule has 0 radical (unpaired) electrons. The lowest BCUT2D eigenvalue weighted by molar-refractivity contribution is -0.386. The Morgan fingerprint density at radius 3 is 1.29 bits per heavy atom. The van der Waals surface area contributed by atoms with Crippen molar-refractivity contribution in [2.75, 3.05) is 28.4 Å². The molecule has 8 aromatic rings. The summed E-state index contributed by atoms with van der Waals surface area (Å²) >= 11 is 0. The Morgan fingerprint density at radius 2 is 0.914 bits per heavy atom. The van der Waals surface area contributed by atoms with Crippen molar-refractivity contribution in [3.8, 4) is 67.5 Å². The molecule has 0 saturated heterocycles. The summed E-state index contributed by atoms with van der Waals surface area (Å²) in [5.74, 6) is 1.20. The zero-order valence-electron chi connectivity index (χ0n) is 38.7. The third kappa shape index (κ3) is 8.45. The minimum Gasteiger partial charge on any atom is -0.497 e. The number of ether oxygens (including phenoxy) is 4. The van der Waals surface area contributed by atoms with Crippen LogP contribution >= 0.6 is 0 Å². The average Bonchev–Trinajstić information content (AvgIpc) is 4.23. The van der Waals surface area contributed by atoms with Crippen LogP contribution in [0, 0.1) is 17.0 Å². The Labute approximate surface area is 403 Å². The van der Waals surface area contributed by atoms with Gasteiger partial charge in [0, 0.05) is 49.9 Å². The molecule has 0 spiro atoms. The highest BCUT2D eigenvalue weighted by Crippen LogP contribution is 2.43. The second kappa shape index (κ2) is 18.4. The predicted octanol–water partition coefficient (Wildman–Crippen LogP) is 12.5. The number of methoxy groups -OCH3 is 4. The standard InChI is InChI=1S/C56H45N5O8S/c1-33-15-17-42(18-16-33)70(64,65)32-38-27-37(31-51(69-5)56(38)61(62)63)55-49-25-23-47(59-49)53(35-10-7-13-40(29-35)67-3)45-21-19-43(57-45)52(34-9-6-12-39(28-34)66-2)44-20-22-46(58-44)54(48-24-26-50(55)60-48)36-11-8-14-41(30-36)68-4/h6-31,57,60H,32H2,1-5H3. The van der Waals surface area contributed by atoms with Gasteiger partial charge in [0.1, 0.15) is 17.2 Å². The fraction of sp³-hybridized carbons (Fsp3) is 0.107. The second-order valence-corrected chi connectivity index (χ2v) is 18.7. The third-order valence-electron chi connectivity index (χ3n) is 12.4. The van der Waals surface area contributed by atoms with Crippen LogP contribution in [0.4, 0.5) is 5.69 Å². The molecular formula is C56H45N5O8S. The fourth-order valence-corrected chi connectivity index (χ4v) is 10.4. The van der Waals surface area contributed by atoms with Gasteiger partial charge in [-0.1, -0.05) is 54.1 Å². The maximum absolute atomic E-state index is 14.1. The number of rotatable bonds is 12. The number of fused-ring (bicyclic) bond motifs is 8. The quantitative estimate of drug-likeness (QED) is 0.0887. The van der Waals surface area contributed by atoms with E-state index in [1.54, 1.807) is 45.6 Å². The minimum atomic E-state index is -4.08. The number of benzene rings is 5. The predicted molar refractivity (Wildman–Crippen MR) is 276 cm³/mol. The van der Waals surface area contributed by atoms with E-state index in [0.717, 1.165) is 50.0 Å². The highest BCUT2D eigenvalue weighted by atomic mass is 32.2. The zero-order chi connectivity index (χ0) is 48.7.